The van der Waals surface area contributed by atoms with Gasteiger partial charge in [0.05, 0.1) is 5.56 Å². The van der Waals surface area contributed by atoms with Gasteiger partial charge in [0.1, 0.15) is 0 Å². The Bertz CT molecular complexity index is 547. The van der Waals surface area contributed by atoms with Crippen LogP contribution in [0.25, 0.3) is 0 Å². The topological polar surface area (TPSA) is 62.2 Å². The van der Waals surface area contributed by atoms with Crippen molar-refractivity contribution in [1.29, 1.82) is 0 Å². The lowest BCUT2D eigenvalue weighted by Gasteiger charge is -2.05. The Morgan fingerprint density at radius 3 is 2.32 bits per heavy atom. The van der Waals surface area contributed by atoms with Crippen LogP contribution in [-0.2, 0) is 13.1 Å². The van der Waals surface area contributed by atoms with E-state index in [1.807, 2.05) is 37.4 Å². The molecule has 19 heavy (non-hydrogen) atoms. The highest BCUT2D eigenvalue weighted by molar-refractivity contribution is 5.87. The zero-order valence-corrected chi connectivity index (χ0v) is 10.8. The molecular weight excluding hydrogens is 240 g/mol. The number of carboxylic acids is 1. The lowest BCUT2D eigenvalue weighted by atomic mass is 10.1. The number of hydrogen-bond acceptors (Lipinski definition) is 3. The molecule has 2 N–H and O–H groups in total. The molecule has 0 bridgehead atoms. The molecule has 2 aromatic rings. The zero-order chi connectivity index (χ0) is 13.7. The number of aromatic carboxylic acids is 1. The highest BCUT2D eigenvalue weighted by atomic mass is 16.4. The van der Waals surface area contributed by atoms with Gasteiger partial charge in [0.2, 0.25) is 0 Å². The summed E-state index contributed by atoms with van der Waals surface area (Å²) in [7, 11) is 0. The van der Waals surface area contributed by atoms with Gasteiger partial charge in [0, 0.05) is 25.0 Å². The molecule has 4 nitrogen and oxygen atoms in total. The highest BCUT2D eigenvalue weighted by Gasteiger charge is 2.01. The fourth-order valence-corrected chi connectivity index (χ4v) is 1.72. The van der Waals surface area contributed by atoms with E-state index in [4.69, 9.17) is 5.11 Å². The molecule has 0 aliphatic heterocycles. The number of nitrogens with zero attached hydrogens (tertiary/aromatic N) is 1. The minimum absolute atomic E-state index is 0.312. The Morgan fingerprint density at radius 1 is 1.11 bits per heavy atom. The number of aryl methyl sites for hydroxylation is 1. The van der Waals surface area contributed by atoms with Crippen molar-refractivity contribution < 1.29 is 9.90 Å². The van der Waals surface area contributed by atoms with E-state index in [0.29, 0.717) is 12.1 Å². The average molecular weight is 256 g/mol. The SMILES string of the molecule is Cc1ccc(CNCc2ccc(C(=O)O)cc2)cn1. The number of rotatable bonds is 5. The van der Waals surface area contributed by atoms with Gasteiger partial charge >= 0.3 is 5.97 Å². The van der Waals surface area contributed by atoms with E-state index in [-0.39, 0.29) is 0 Å². The number of carbonyl (C=O) groups is 1. The van der Waals surface area contributed by atoms with Crippen molar-refractivity contribution >= 4 is 5.97 Å². The predicted octanol–water partition coefficient (Wildman–Crippen LogP) is 2.38. The maximum atomic E-state index is 10.7. The first kappa shape index (κ1) is 13.2. The molecule has 1 aromatic heterocycles. The quantitative estimate of drug-likeness (QED) is 0.862. The molecule has 2 rings (SSSR count). The molecule has 98 valence electrons. The third-order valence-corrected chi connectivity index (χ3v) is 2.83. The molecule has 0 saturated carbocycles. The average Bonchev–Trinajstić information content (AvgIpc) is 2.41. The lowest BCUT2D eigenvalue weighted by molar-refractivity contribution is 0.0697. The summed E-state index contributed by atoms with van der Waals surface area (Å²) in [4.78, 5) is 14.9. The number of aromatic nitrogens is 1. The van der Waals surface area contributed by atoms with Crippen LogP contribution < -0.4 is 5.32 Å². The van der Waals surface area contributed by atoms with Gasteiger partial charge in [-0.05, 0) is 36.2 Å². The Morgan fingerprint density at radius 2 is 1.74 bits per heavy atom. The summed E-state index contributed by atoms with van der Waals surface area (Å²) < 4.78 is 0. The van der Waals surface area contributed by atoms with Crippen LogP contribution in [0.15, 0.2) is 42.6 Å². The molecule has 0 spiro atoms. The Labute approximate surface area is 112 Å². The molecule has 0 fully saturated rings. The molecule has 0 radical (unpaired) electrons. The van der Waals surface area contributed by atoms with Crippen LogP contribution in [-0.4, -0.2) is 16.1 Å². The normalized spacial score (nSPS) is 10.4. The van der Waals surface area contributed by atoms with Gasteiger partial charge in [-0.3, -0.25) is 4.98 Å². The summed E-state index contributed by atoms with van der Waals surface area (Å²) in [5, 5.41) is 12.1. The number of hydrogen-bond donors (Lipinski definition) is 2. The minimum atomic E-state index is -0.898. The molecular formula is C15H16N2O2. The maximum Gasteiger partial charge on any atom is 0.335 e. The van der Waals surface area contributed by atoms with Crippen molar-refractivity contribution in [3.8, 4) is 0 Å². The van der Waals surface area contributed by atoms with Crippen molar-refractivity contribution in [3.63, 3.8) is 0 Å². The third-order valence-electron chi connectivity index (χ3n) is 2.83. The van der Waals surface area contributed by atoms with E-state index in [1.54, 1.807) is 12.1 Å². The zero-order valence-electron chi connectivity index (χ0n) is 10.8. The second-order valence-electron chi connectivity index (χ2n) is 4.41. The largest absolute Gasteiger partial charge is 0.478 e. The van der Waals surface area contributed by atoms with Gasteiger partial charge in [-0.25, -0.2) is 4.79 Å². The van der Waals surface area contributed by atoms with Gasteiger partial charge in [0.25, 0.3) is 0 Å². The van der Waals surface area contributed by atoms with Crippen molar-refractivity contribution in [2.75, 3.05) is 0 Å². The van der Waals surface area contributed by atoms with Crippen LogP contribution in [0.4, 0.5) is 0 Å². The van der Waals surface area contributed by atoms with Crippen LogP contribution in [0, 0.1) is 6.92 Å². The van der Waals surface area contributed by atoms with Gasteiger partial charge in [-0.15, -0.1) is 0 Å². The number of carboxylic acid groups (broad SMARTS) is 1. The second-order valence-corrected chi connectivity index (χ2v) is 4.41. The van der Waals surface area contributed by atoms with Crippen molar-refractivity contribution in [3.05, 3.63) is 65.0 Å². The van der Waals surface area contributed by atoms with Crippen LogP contribution >= 0.6 is 0 Å². The first-order valence-electron chi connectivity index (χ1n) is 6.09. The Hall–Kier alpha value is -2.20. The molecule has 1 aromatic carbocycles. The van der Waals surface area contributed by atoms with Crippen molar-refractivity contribution in [2.24, 2.45) is 0 Å². The van der Waals surface area contributed by atoms with Crippen LogP contribution in [0.2, 0.25) is 0 Å². The summed E-state index contributed by atoms with van der Waals surface area (Å²) in [6.45, 7) is 3.41. The van der Waals surface area contributed by atoms with Crippen LogP contribution in [0.3, 0.4) is 0 Å². The molecule has 0 atom stereocenters. The molecule has 0 unspecified atom stereocenters. The van der Waals surface area contributed by atoms with Crippen LogP contribution in [0.5, 0.6) is 0 Å². The van der Waals surface area contributed by atoms with Crippen molar-refractivity contribution in [1.82, 2.24) is 10.3 Å². The van der Waals surface area contributed by atoms with Gasteiger partial charge in [-0.1, -0.05) is 18.2 Å². The monoisotopic (exact) mass is 256 g/mol. The predicted molar refractivity (Wildman–Crippen MR) is 72.9 cm³/mol. The van der Waals surface area contributed by atoms with E-state index in [2.05, 4.69) is 10.3 Å². The number of pyridine rings is 1. The number of nitrogens with one attached hydrogen (secondary N) is 1. The van der Waals surface area contributed by atoms with Gasteiger partial charge in [0.15, 0.2) is 0 Å². The summed E-state index contributed by atoms with van der Waals surface area (Å²) >= 11 is 0. The summed E-state index contributed by atoms with van der Waals surface area (Å²) in [5.74, 6) is -0.898. The Kier molecular flexibility index (Phi) is 4.26. The molecule has 0 aliphatic rings. The molecule has 4 heteroatoms. The van der Waals surface area contributed by atoms with Gasteiger partial charge in [-0.2, -0.15) is 0 Å². The summed E-state index contributed by atoms with van der Waals surface area (Å²) in [6.07, 6.45) is 1.86. The van der Waals surface area contributed by atoms with Crippen LogP contribution in [0.1, 0.15) is 27.2 Å². The fraction of sp³-hybridized carbons (Fsp3) is 0.200. The Balaban J connectivity index is 1.85. The standard InChI is InChI=1S/C15H16N2O2/c1-11-2-3-13(10-17-11)9-16-8-12-4-6-14(7-5-12)15(18)19/h2-7,10,16H,8-9H2,1H3,(H,18,19). The third kappa shape index (κ3) is 3.89. The molecule has 1 heterocycles. The van der Waals surface area contributed by atoms with Gasteiger partial charge < -0.3 is 10.4 Å². The smallest absolute Gasteiger partial charge is 0.335 e. The van der Waals surface area contributed by atoms with E-state index in [1.165, 1.54) is 0 Å². The van der Waals surface area contributed by atoms with E-state index in [0.717, 1.165) is 23.4 Å². The highest BCUT2D eigenvalue weighted by Crippen LogP contribution is 2.05. The summed E-state index contributed by atoms with van der Waals surface area (Å²) in [5.41, 5.74) is 3.51. The minimum Gasteiger partial charge on any atom is -0.478 e. The van der Waals surface area contributed by atoms with Crippen molar-refractivity contribution in [2.45, 2.75) is 20.0 Å². The lowest BCUT2D eigenvalue weighted by Crippen LogP contribution is -2.13. The number of benzene rings is 1. The molecule has 0 saturated heterocycles. The second kappa shape index (κ2) is 6.11. The first-order valence-corrected chi connectivity index (χ1v) is 6.09. The molecule has 0 aliphatic carbocycles. The first-order chi connectivity index (χ1) is 9.15. The van der Waals surface area contributed by atoms with E-state index >= 15 is 0 Å². The van der Waals surface area contributed by atoms with E-state index < -0.39 is 5.97 Å². The maximum absolute atomic E-state index is 10.7. The van der Waals surface area contributed by atoms with E-state index in [9.17, 15) is 4.79 Å². The summed E-state index contributed by atoms with van der Waals surface area (Å²) in [6, 6.07) is 10.9. The molecule has 0 amide bonds. The fourth-order valence-electron chi connectivity index (χ4n) is 1.72.